The van der Waals surface area contributed by atoms with E-state index in [1.165, 1.54) is 21.2 Å². The molecule has 4 heteroatoms. The first-order chi connectivity index (χ1) is 15.6. The van der Waals surface area contributed by atoms with Gasteiger partial charge in [-0.15, -0.1) is 0 Å². The minimum Gasteiger partial charge on any atom is -0.428 e. The summed E-state index contributed by atoms with van der Waals surface area (Å²) in [5, 5.41) is 24.0. The first-order valence-corrected chi connectivity index (χ1v) is 11.4. The molecule has 1 fully saturated rings. The fourth-order valence-electron chi connectivity index (χ4n) is 6.35. The molecule has 0 bridgehead atoms. The number of rotatable bonds is 3. The van der Waals surface area contributed by atoms with Gasteiger partial charge in [0.25, 0.3) is 0 Å². The highest BCUT2D eigenvalue weighted by atomic mass is 16.5. The highest BCUT2D eigenvalue weighted by molar-refractivity contribution is 5.88. The summed E-state index contributed by atoms with van der Waals surface area (Å²) in [4.78, 5) is 2.42. The van der Waals surface area contributed by atoms with Gasteiger partial charge in [0.15, 0.2) is 0 Å². The number of piperidine rings is 1. The fraction of sp³-hybridized carbons (Fsp3) is 0.286. The van der Waals surface area contributed by atoms with Gasteiger partial charge in [0, 0.05) is 36.0 Å². The van der Waals surface area contributed by atoms with E-state index in [2.05, 4.69) is 18.0 Å². The molecule has 162 valence electrons. The van der Waals surface area contributed by atoms with Gasteiger partial charge in [-0.3, -0.25) is 0 Å². The maximum absolute atomic E-state index is 12.4. The number of likely N-dealkylation sites (tertiary alicyclic amines) is 1. The Morgan fingerprint density at radius 3 is 2.19 bits per heavy atom. The van der Waals surface area contributed by atoms with Crippen LogP contribution in [0.5, 0.6) is 0 Å². The molecule has 0 amide bonds. The lowest BCUT2D eigenvalue weighted by Gasteiger charge is -2.50. The molecule has 1 aliphatic carbocycles. The highest BCUT2D eigenvalue weighted by Crippen LogP contribution is 2.50. The molecule has 2 aliphatic rings. The van der Waals surface area contributed by atoms with Crippen LogP contribution in [-0.2, 0) is 12.0 Å². The predicted molar refractivity (Wildman–Crippen MR) is 126 cm³/mol. The van der Waals surface area contributed by atoms with Crippen LogP contribution in [0.25, 0.3) is 10.9 Å². The van der Waals surface area contributed by atoms with Gasteiger partial charge < -0.3 is 15.2 Å². The summed E-state index contributed by atoms with van der Waals surface area (Å²) in [6.45, 7) is 0.812. The molecule has 2 heterocycles. The van der Waals surface area contributed by atoms with Crippen molar-refractivity contribution in [2.75, 3.05) is 13.6 Å². The number of hydrogen-bond donors (Lipinski definition) is 2. The standard InChI is InChI=1S/C28H28N2O2/c1-29-18-22(28(31,20-9-4-2-5-10-20)21-11-6-3-7-12-21)16-24-23-13-8-14-25-27(23)19(15-26(24)29)17-30(25)32/h2-14,17,22,24,26,31-32H,15-16,18H2,1H3/t22?,24-,26-/m1/s1. The van der Waals surface area contributed by atoms with Crippen molar-refractivity contribution < 1.29 is 10.3 Å². The average molecular weight is 425 g/mol. The van der Waals surface area contributed by atoms with Crippen molar-refractivity contribution in [3.05, 3.63) is 107 Å². The van der Waals surface area contributed by atoms with Crippen molar-refractivity contribution in [3.8, 4) is 0 Å². The molecule has 4 nitrogen and oxygen atoms in total. The fourth-order valence-corrected chi connectivity index (χ4v) is 6.35. The normalized spacial score (nSPS) is 23.2. The molecule has 1 aliphatic heterocycles. The van der Waals surface area contributed by atoms with Gasteiger partial charge in [-0.05, 0) is 48.2 Å². The smallest absolute Gasteiger partial charge is 0.119 e. The minimum absolute atomic E-state index is 0.0339. The van der Waals surface area contributed by atoms with Crippen LogP contribution in [0.15, 0.2) is 85.1 Å². The van der Waals surface area contributed by atoms with Crippen molar-refractivity contribution in [2.24, 2.45) is 5.92 Å². The Balaban J connectivity index is 1.48. The third-order valence-electron chi connectivity index (χ3n) is 7.85. The maximum atomic E-state index is 12.4. The zero-order chi connectivity index (χ0) is 21.9. The minimum atomic E-state index is -1.07. The first kappa shape index (κ1) is 19.6. The van der Waals surface area contributed by atoms with Crippen molar-refractivity contribution in [3.63, 3.8) is 0 Å². The van der Waals surface area contributed by atoms with Gasteiger partial charge in [-0.1, -0.05) is 72.8 Å². The van der Waals surface area contributed by atoms with Gasteiger partial charge in [-0.25, -0.2) is 0 Å². The molecule has 3 atom stereocenters. The van der Waals surface area contributed by atoms with Crippen LogP contribution in [0.3, 0.4) is 0 Å². The van der Waals surface area contributed by atoms with Crippen molar-refractivity contribution in [1.82, 2.24) is 9.63 Å². The van der Waals surface area contributed by atoms with Crippen molar-refractivity contribution in [2.45, 2.75) is 30.4 Å². The van der Waals surface area contributed by atoms with Crippen LogP contribution in [-0.4, -0.2) is 39.6 Å². The van der Waals surface area contributed by atoms with Gasteiger partial charge in [-0.2, -0.15) is 4.73 Å². The summed E-state index contributed by atoms with van der Waals surface area (Å²) >= 11 is 0. The Bertz CT molecular complexity index is 1230. The first-order valence-electron chi connectivity index (χ1n) is 11.4. The largest absolute Gasteiger partial charge is 0.428 e. The lowest BCUT2D eigenvalue weighted by Crippen LogP contribution is -2.53. The van der Waals surface area contributed by atoms with E-state index in [4.69, 9.17) is 0 Å². The lowest BCUT2D eigenvalue weighted by atomic mass is 9.65. The molecule has 32 heavy (non-hydrogen) atoms. The molecule has 0 saturated carbocycles. The number of nitrogens with zero attached hydrogens (tertiary/aromatic N) is 2. The quantitative estimate of drug-likeness (QED) is 0.466. The summed E-state index contributed by atoms with van der Waals surface area (Å²) in [5.41, 5.74) is 4.20. The molecular formula is C28H28N2O2. The third kappa shape index (κ3) is 2.76. The van der Waals surface area contributed by atoms with Crippen LogP contribution in [0.2, 0.25) is 0 Å². The van der Waals surface area contributed by atoms with Crippen molar-refractivity contribution >= 4 is 10.9 Å². The van der Waals surface area contributed by atoms with Gasteiger partial charge >= 0.3 is 0 Å². The Hall–Kier alpha value is -3.08. The van der Waals surface area contributed by atoms with Gasteiger partial charge in [0.1, 0.15) is 5.60 Å². The molecule has 6 rings (SSSR count). The summed E-state index contributed by atoms with van der Waals surface area (Å²) in [5.74, 6) is 0.336. The summed E-state index contributed by atoms with van der Waals surface area (Å²) in [6.07, 6.45) is 3.68. The number of aromatic nitrogens is 1. The van der Waals surface area contributed by atoms with Crippen LogP contribution < -0.4 is 0 Å². The second kappa shape index (κ2) is 7.22. The van der Waals surface area contributed by atoms with Gasteiger partial charge in [0.2, 0.25) is 0 Å². The molecular weight excluding hydrogens is 396 g/mol. The Morgan fingerprint density at radius 2 is 1.53 bits per heavy atom. The molecule has 4 aromatic rings. The molecule has 3 aromatic carbocycles. The van der Waals surface area contributed by atoms with E-state index in [0.29, 0.717) is 12.0 Å². The SMILES string of the molecule is CN1CC(C(O)(c2ccccc2)c2ccccc2)C[C@@H]2c3cccc4c3c(cn4O)C[C@H]21. The second-order valence-corrected chi connectivity index (χ2v) is 9.49. The Kier molecular flexibility index (Phi) is 4.42. The molecule has 1 aromatic heterocycles. The van der Waals surface area contributed by atoms with E-state index < -0.39 is 5.60 Å². The monoisotopic (exact) mass is 424 g/mol. The number of benzene rings is 3. The van der Waals surface area contributed by atoms with Crippen LogP contribution in [0, 0.1) is 5.92 Å². The van der Waals surface area contributed by atoms with E-state index in [0.717, 1.165) is 36.0 Å². The Morgan fingerprint density at radius 1 is 0.875 bits per heavy atom. The third-order valence-corrected chi connectivity index (χ3v) is 7.85. The second-order valence-electron chi connectivity index (χ2n) is 9.49. The van der Waals surface area contributed by atoms with Crippen molar-refractivity contribution in [1.29, 1.82) is 0 Å². The van der Waals surface area contributed by atoms with E-state index in [1.807, 2.05) is 79.0 Å². The van der Waals surface area contributed by atoms with E-state index in [9.17, 15) is 10.3 Å². The molecule has 1 saturated heterocycles. The topological polar surface area (TPSA) is 48.6 Å². The van der Waals surface area contributed by atoms with Crippen LogP contribution >= 0.6 is 0 Å². The number of aliphatic hydroxyl groups is 1. The average Bonchev–Trinajstić information content (AvgIpc) is 3.16. The van der Waals surface area contributed by atoms with E-state index >= 15 is 0 Å². The molecule has 0 spiro atoms. The summed E-state index contributed by atoms with van der Waals surface area (Å²) in [6, 6.07) is 26.8. The van der Waals surface area contributed by atoms with Crippen LogP contribution in [0.1, 0.15) is 34.6 Å². The number of likely N-dealkylation sites (N-methyl/N-ethyl adjacent to an activating group) is 1. The zero-order valence-electron chi connectivity index (χ0n) is 18.2. The number of hydrogen-bond acceptors (Lipinski definition) is 3. The highest BCUT2D eigenvalue weighted by Gasteiger charge is 2.48. The summed E-state index contributed by atoms with van der Waals surface area (Å²) in [7, 11) is 2.18. The van der Waals surface area contributed by atoms with E-state index in [1.54, 1.807) is 0 Å². The van der Waals surface area contributed by atoms with E-state index in [-0.39, 0.29) is 5.92 Å². The Labute approximate surface area is 188 Å². The summed E-state index contributed by atoms with van der Waals surface area (Å²) < 4.78 is 1.27. The molecule has 2 N–H and O–H groups in total. The molecule has 1 unspecified atom stereocenters. The number of fused-ring (bicyclic) bond motifs is 2. The zero-order valence-corrected chi connectivity index (χ0v) is 18.2. The molecule has 0 radical (unpaired) electrons. The lowest BCUT2D eigenvalue weighted by molar-refractivity contribution is -0.0353. The van der Waals surface area contributed by atoms with Crippen LogP contribution in [0.4, 0.5) is 0 Å². The maximum Gasteiger partial charge on any atom is 0.119 e. The predicted octanol–water partition coefficient (Wildman–Crippen LogP) is 4.77. The van der Waals surface area contributed by atoms with Gasteiger partial charge in [0.05, 0.1) is 5.52 Å².